The molecule has 1 aromatic carbocycles. The lowest BCUT2D eigenvalue weighted by Crippen LogP contribution is -2.23. The summed E-state index contributed by atoms with van der Waals surface area (Å²) in [4.78, 5) is 32.1. The van der Waals surface area contributed by atoms with E-state index in [2.05, 4.69) is 32.2 Å². The number of hydrogen-bond donors (Lipinski definition) is 1. The molecule has 0 radical (unpaired) electrons. The van der Waals surface area contributed by atoms with Crippen LogP contribution in [0.4, 0.5) is 19.0 Å². The fraction of sp³-hybridized carbons (Fsp3) is 0.296. The Labute approximate surface area is 221 Å². The Bertz CT molecular complexity index is 1590. The van der Waals surface area contributed by atoms with E-state index in [4.69, 9.17) is 0 Å². The lowest BCUT2D eigenvalue weighted by molar-refractivity contribution is -0.141. The van der Waals surface area contributed by atoms with Gasteiger partial charge in [0.25, 0.3) is 0 Å². The number of aromatic nitrogens is 5. The second kappa shape index (κ2) is 10.6. The van der Waals surface area contributed by atoms with Gasteiger partial charge < -0.3 is 5.32 Å². The van der Waals surface area contributed by atoms with Crippen molar-refractivity contribution in [2.24, 2.45) is 0 Å². The average Bonchev–Trinajstić information content (AvgIpc) is 3.71. The number of benzene rings is 1. The molecule has 0 spiro atoms. The fourth-order valence-corrected chi connectivity index (χ4v) is 4.33. The van der Waals surface area contributed by atoms with Crippen LogP contribution in [0.5, 0.6) is 0 Å². The first-order valence-electron chi connectivity index (χ1n) is 12.4. The highest BCUT2D eigenvalue weighted by Crippen LogP contribution is 2.31. The molecule has 0 bridgehead atoms. The first-order chi connectivity index (χ1) is 18.7. The van der Waals surface area contributed by atoms with Gasteiger partial charge in [-0.2, -0.15) is 18.3 Å². The number of amides is 2. The highest BCUT2D eigenvalue weighted by molar-refractivity contribution is 5.94. The maximum absolute atomic E-state index is 13.1. The smallest absolute Gasteiger partial charge is 0.356 e. The molecule has 1 N–H and O–H groups in total. The van der Waals surface area contributed by atoms with Crippen molar-refractivity contribution >= 4 is 23.3 Å². The molecule has 0 atom stereocenters. The predicted molar refractivity (Wildman–Crippen MR) is 136 cm³/mol. The minimum atomic E-state index is -4.56. The van der Waals surface area contributed by atoms with Gasteiger partial charge in [0, 0.05) is 31.6 Å². The first-order valence-corrected chi connectivity index (χ1v) is 12.4. The molecule has 200 valence electrons. The lowest BCUT2D eigenvalue weighted by atomic mass is 10.3. The van der Waals surface area contributed by atoms with Crippen LogP contribution in [0.1, 0.15) is 48.6 Å². The summed E-state index contributed by atoms with van der Waals surface area (Å²) in [5, 5.41) is 6.88. The van der Waals surface area contributed by atoms with Crippen molar-refractivity contribution in [2.45, 2.75) is 38.8 Å². The molecule has 9 nitrogen and oxygen atoms in total. The number of nitrogens with zero attached hydrogens (tertiary/aromatic N) is 6. The molecule has 5 heterocycles. The molecule has 2 amide bonds. The number of rotatable bonds is 2. The normalized spacial score (nSPS) is 15.1. The zero-order valence-corrected chi connectivity index (χ0v) is 21.0. The molecule has 0 saturated carbocycles. The topological polar surface area (TPSA) is 97.4 Å². The summed E-state index contributed by atoms with van der Waals surface area (Å²) in [5.74, 6) is 6.94. The molecular weight excluding hydrogens is 511 g/mol. The van der Waals surface area contributed by atoms with Crippen molar-refractivity contribution in [1.82, 2.24) is 29.5 Å². The number of halogens is 3. The number of carbonyl (C=O) groups excluding carboxylic acids is 2. The zero-order chi connectivity index (χ0) is 27.6. The van der Waals surface area contributed by atoms with E-state index in [9.17, 15) is 22.8 Å². The summed E-state index contributed by atoms with van der Waals surface area (Å²) in [6, 6.07) is 12.4. The number of nitrogens with one attached hydrogen (secondary N) is 1. The number of imidazole rings is 2. The van der Waals surface area contributed by atoms with Crippen LogP contribution in [-0.4, -0.2) is 49.1 Å². The van der Waals surface area contributed by atoms with Crippen molar-refractivity contribution in [3.05, 3.63) is 71.6 Å². The Hall–Kier alpha value is -4.66. The molecule has 3 aromatic heterocycles. The van der Waals surface area contributed by atoms with Crippen LogP contribution in [0.25, 0.3) is 11.3 Å². The van der Waals surface area contributed by atoms with Crippen molar-refractivity contribution in [2.75, 3.05) is 18.0 Å². The molecule has 0 aliphatic carbocycles. The number of para-hydroxylation sites is 1. The van der Waals surface area contributed by atoms with Crippen LogP contribution in [-0.2, 0) is 15.8 Å². The minimum Gasteiger partial charge on any atom is -0.356 e. The number of hydrogen-bond acceptors (Lipinski definition) is 5. The van der Waals surface area contributed by atoms with Crippen LogP contribution in [0.2, 0.25) is 0 Å². The van der Waals surface area contributed by atoms with Gasteiger partial charge in [-0.15, -0.1) is 0 Å². The average molecular weight is 536 g/mol. The van der Waals surface area contributed by atoms with Crippen LogP contribution < -0.4 is 10.2 Å². The summed E-state index contributed by atoms with van der Waals surface area (Å²) in [7, 11) is 0. The van der Waals surface area contributed by atoms with Gasteiger partial charge in [0.1, 0.15) is 5.69 Å². The molecule has 2 saturated heterocycles. The molecule has 2 aliphatic heterocycles. The third kappa shape index (κ3) is 5.62. The van der Waals surface area contributed by atoms with E-state index < -0.39 is 11.9 Å². The van der Waals surface area contributed by atoms with Gasteiger partial charge in [0.2, 0.25) is 11.8 Å². The van der Waals surface area contributed by atoms with Crippen LogP contribution >= 0.6 is 0 Å². The van der Waals surface area contributed by atoms with E-state index in [1.54, 1.807) is 15.7 Å². The van der Waals surface area contributed by atoms with Gasteiger partial charge in [0.15, 0.2) is 23.0 Å². The van der Waals surface area contributed by atoms with E-state index in [1.165, 1.54) is 19.1 Å². The Balaban J connectivity index is 0.000000455. The highest BCUT2D eigenvalue weighted by atomic mass is 19.4. The standard InChI is InChI=1S/C23H17F3N6O.C4H7NO/c1-15-22(23(24,25)26)28-19-12-10-16(29-32(15)19)9-11-18-27-20(30-13-5-8-21(30)33)14-31(18)17-6-3-2-4-7-17;6-4-2-1-3-5-4/h2-4,6-7,10,12,14H,5,8,13H2,1H3;1-3H2,(H,5,6). The Morgan fingerprint density at radius 3 is 2.38 bits per heavy atom. The first kappa shape index (κ1) is 26.0. The summed E-state index contributed by atoms with van der Waals surface area (Å²) in [6.07, 6.45) is 0.209. The number of fused-ring (bicyclic) bond motifs is 1. The van der Waals surface area contributed by atoms with E-state index in [-0.39, 0.29) is 28.8 Å². The van der Waals surface area contributed by atoms with E-state index in [0.29, 0.717) is 24.6 Å². The monoisotopic (exact) mass is 535 g/mol. The van der Waals surface area contributed by atoms with Crippen molar-refractivity contribution < 1.29 is 22.8 Å². The second-order valence-electron chi connectivity index (χ2n) is 9.01. The summed E-state index contributed by atoms with van der Waals surface area (Å²) in [5.41, 5.74) is 0.0847. The second-order valence-corrected chi connectivity index (χ2v) is 9.01. The van der Waals surface area contributed by atoms with Crippen LogP contribution in [0.15, 0.2) is 48.7 Å². The van der Waals surface area contributed by atoms with Crippen molar-refractivity contribution in [3.63, 3.8) is 0 Å². The van der Waals surface area contributed by atoms with Gasteiger partial charge >= 0.3 is 6.18 Å². The summed E-state index contributed by atoms with van der Waals surface area (Å²) < 4.78 is 42.4. The highest BCUT2D eigenvalue weighted by Gasteiger charge is 2.36. The third-order valence-corrected chi connectivity index (χ3v) is 6.25. The fourth-order valence-electron chi connectivity index (χ4n) is 4.33. The Kier molecular flexibility index (Phi) is 7.06. The maximum Gasteiger partial charge on any atom is 0.435 e. The lowest BCUT2D eigenvalue weighted by Gasteiger charge is -2.10. The zero-order valence-electron chi connectivity index (χ0n) is 21.0. The Morgan fingerprint density at radius 1 is 0.974 bits per heavy atom. The molecule has 6 rings (SSSR count). The maximum atomic E-state index is 13.1. The number of anilines is 1. The van der Waals surface area contributed by atoms with Gasteiger partial charge in [0.05, 0.1) is 11.9 Å². The van der Waals surface area contributed by atoms with Gasteiger partial charge in [-0.25, -0.2) is 14.5 Å². The molecule has 2 fully saturated rings. The van der Waals surface area contributed by atoms with Crippen molar-refractivity contribution in [1.29, 1.82) is 0 Å². The molecular formula is C27H24F3N7O2. The van der Waals surface area contributed by atoms with Gasteiger partial charge in [-0.1, -0.05) is 18.2 Å². The molecule has 2 aliphatic rings. The van der Waals surface area contributed by atoms with Gasteiger partial charge in [-0.05, 0) is 55.9 Å². The number of aryl methyl sites for hydroxylation is 1. The van der Waals surface area contributed by atoms with Crippen molar-refractivity contribution in [3.8, 4) is 17.5 Å². The van der Waals surface area contributed by atoms with Gasteiger partial charge in [-0.3, -0.25) is 19.1 Å². The molecule has 12 heteroatoms. The van der Waals surface area contributed by atoms with Crippen LogP contribution in [0.3, 0.4) is 0 Å². The number of carbonyl (C=O) groups is 2. The Morgan fingerprint density at radius 2 is 1.77 bits per heavy atom. The number of alkyl halides is 3. The molecule has 4 aromatic rings. The SMILES string of the molecule is Cc1c(C(F)(F)F)nc2ccc(C#Cc3nc(N4CCCC4=O)cn3-c3ccccc3)nn12.O=C1CCCN1. The third-order valence-electron chi connectivity index (χ3n) is 6.25. The summed E-state index contributed by atoms with van der Waals surface area (Å²) >= 11 is 0. The molecule has 39 heavy (non-hydrogen) atoms. The largest absolute Gasteiger partial charge is 0.435 e. The van der Waals surface area contributed by atoms with E-state index in [0.717, 1.165) is 36.0 Å². The minimum absolute atomic E-state index is 0.00962. The van der Waals surface area contributed by atoms with E-state index in [1.807, 2.05) is 30.3 Å². The quantitative estimate of drug-likeness (QED) is 0.395. The summed E-state index contributed by atoms with van der Waals surface area (Å²) in [6.45, 7) is 2.80. The van der Waals surface area contributed by atoms with Crippen LogP contribution in [0, 0.1) is 18.8 Å². The predicted octanol–water partition coefficient (Wildman–Crippen LogP) is 3.67. The molecule has 0 unspecified atom stereocenters. The van der Waals surface area contributed by atoms with E-state index >= 15 is 0 Å².